The summed E-state index contributed by atoms with van der Waals surface area (Å²) in [6.45, 7) is 5.78. The van der Waals surface area contributed by atoms with Crippen LogP contribution in [0.3, 0.4) is 0 Å². The second-order valence-electron chi connectivity index (χ2n) is 6.20. The van der Waals surface area contributed by atoms with Crippen molar-refractivity contribution in [3.63, 3.8) is 0 Å². The van der Waals surface area contributed by atoms with Crippen molar-refractivity contribution in [3.05, 3.63) is 12.1 Å². The highest BCUT2D eigenvalue weighted by Gasteiger charge is 2.42. The van der Waals surface area contributed by atoms with E-state index < -0.39 is 0 Å². The molecule has 3 atom stereocenters. The summed E-state index contributed by atoms with van der Waals surface area (Å²) in [4.78, 5) is 6.78. The largest absolute Gasteiger partial charge is 0.473 e. The van der Waals surface area contributed by atoms with Crippen LogP contribution in [0, 0.1) is 11.8 Å². The Bertz CT molecular complexity index is 492. The first kappa shape index (κ1) is 13.5. The van der Waals surface area contributed by atoms with Crippen LogP contribution in [0.1, 0.15) is 26.7 Å². The molecule has 3 unspecified atom stereocenters. The molecule has 1 aromatic rings. The van der Waals surface area contributed by atoms with Crippen LogP contribution >= 0.6 is 0 Å². The molecule has 2 aliphatic rings. The van der Waals surface area contributed by atoms with E-state index in [1.54, 1.807) is 0 Å². The number of pyridine rings is 1. The number of nitrogens with two attached hydrogens (primary N) is 1. The van der Waals surface area contributed by atoms with Crippen molar-refractivity contribution in [1.29, 1.82) is 0 Å². The van der Waals surface area contributed by atoms with Crippen LogP contribution in [0.2, 0.25) is 0 Å². The summed E-state index contributed by atoms with van der Waals surface area (Å²) in [6.07, 6.45) is 1.97. The van der Waals surface area contributed by atoms with Crippen LogP contribution in [0.4, 0.5) is 11.5 Å². The Hall–Kier alpha value is -1.49. The lowest BCUT2D eigenvalue weighted by molar-refractivity contribution is 0.133. The van der Waals surface area contributed by atoms with Crippen molar-refractivity contribution in [2.75, 3.05) is 23.7 Å². The lowest BCUT2D eigenvalue weighted by Crippen LogP contribution is -2.25. The molecule has 1 saturated heterocycles. The third kappa shape index (κ3) is 2.42. The van der Waals surface area contributed by atoms with Gasteiger partial charge in [0.25, 0.3) is 0 Å². The van der Waals surface area contributed by atoms with Crippen molar-refractivity contribution in [1.82, 2.24) is 4.98 Å². The smallest absolute Gasteiger partial charge is 0.239 e. The van der Waals surface area contributed by atoms with Crippen LogP contribution in [0.5, 0.6) is 5.88 Å². The summed E-state index contributed by atoms with van der Waals surface area (Å²) in [5.41, 5.74) is 6.48. The number of hydrogen-bond acceptors (Lipinski definition) is 5. The third-order valence-corrected chi connectivity index (χ3v) is 4.37. The number of nitrogens with zero attached hydrogens (tertiary/aromatic N) is 2. The molecule has 0 radical (unpaired) electrons. The molecule has 3 N–H and O–H groups in total. The van der Waals surface area contributed by atoms with Crippen LogP contribution in [0.15, 0.2) is 12.1 Å². The highest BCUT2D eigenvalue weighted by atomic mass is 16.5. The number of rotatable bonds is 3. The molecule has 20 heavy (non-hydrogen) atoms. The molecule has 0 spiro atoms. The van der Waals surface area contributed by atoms with E-state index in [2.05, 4.69) is 9.88 Å². The molecule has 5 nitrogen and oxygen atoms in total. The summed E-state index contributed by atoms with van der Waals surface area (Å²) in [6, 6.07) is 3.79. The molecule has 5 heteroatoms. The van der Waals surface area contributed by atoms with E-state index in [-0.39, 0.29) is 12.2 Å². The maximum Gasteiger partial charge on any atom is 0.239 e. The molecule has 0 amide bonds. The Kier molecular flexibility index (Phi) is 3.46. The normalized spacial score (nSPS) is 29.0. The molecule has 110 valence electrons. The van der Waals surface area contributed by atoms with Gasteiger partial charge in [0, 0.05) is 19.0 Å². The Balaban J connectivity index is 1.78. The number of aliphatic hydroxyl groups is 1. The molecule has 2 fully saturated rings. The number of ether oxygens (including phenoxy) is 1. The maximum absolute atomic E-state index is 9.99. The van der Waals surface area contributed by atoms with Gasteiger partial charge in [0.1, 0.15) is 5.82 Å². The van der Waals surface area contributed by atoms with E-state index in [1.165, 1.54) is 0 Å². The topological polar surface area (TPSA) is 71.6 Å². The van der Waals surface area contributed by atoms with E-state index in [0.717, 1.165) is 31.7 Å². The van der Waals surface area contributed by atoms with Crippen molar-refractivity contribution in [3.8, 4) is 5.88 Å². The van der Waals surface area contributed by atoms with Gasteiger partial charge in [-0.15, -0.1) is 0 Å². The zero-order valence-electron chi connectivity index (χ0n) is 12.1. The second kappa shape index (κ2) is 5.13. The fourth-order valence-corrected chi connectivity index (χ4v) is 3.36. The second-order valence-corrected chi connectivity index (χ2v) is 6.20. The lowest BCUT2D eigenvalue weighted by Gasteiger charge is -2.21. The molecule has 0 bridgehead atoms. The molecule has 1 aliphatic heterocycles. The van der Waals surface area contributed by atoms with E-state index in [1.807, 2.05) is 26.0 Å². The van der Waals surface area contributed by atoms with Gasteiger partial charge in [-0.3, -0.25) is 0 Å². The number of aliphatic hydroxyl groups excluding tert-OH is 1. The quantitative estimate of drug-likeness (QED) is 0.879. The van der Waals surface area contributed by atoms with Gasteiger partial charge in [0.05, 0.1) is 17.9 Å². The first-order chi connectivity index (χ1) is 9.54. The highest BCUT2D eigenvalue weighted by Crippen LogP contribution is 2.40. The van der Waals surface area contributed by atoms with Gasteiger partial charge in [-0.05, 0) is 44.7 Å². The SMILES string of the molecule is CC(C)Oc1nc(N2CC3CCC(O)C3C2)ccc1N. The summed E-state index contributed by atoms with van der Waals surface area (Å²) in [5.74, 6) is 2.40. The molecular formula is C15H23N3O2. The zero-order chi connectivity index (χ0) is 14.3. The Labute approximate surface area is 119 Å². The third-order valence-electron chi connectivity index (χ3n) is 4.37. The Morgan fingerprint density at radius 1 is 1.35 bits per heavy atom. The molecule has 0 aromatic carbocycles. The highest BCUT2D eigenvalue weighted by molar-refractivity contribution is 5.55. The Morgan fingerprint density at radius 3 is 2.85 bits per heavy atom. The Morgan fingerprint density at radius 2 is 2.15 bits per heavy atom. The van der Waals surface area contributed by atoms with E-state index in [4.69, 9.17) is 10.5 Å². The van der Waals surface area contributed by atoms with Gasteiger partial charge >= 0.3 is 0 Å². The van der Waals surface area contributed by atoms with Crippen LogP contribution in [-0.2, 0) is 0 Å². The predicted molar refractivity (Wildman–Crippen MR) is 78.8 cm³/mol. The molecule has 2 heterocycles. The first-order valence-electron chi connectivity index (χ1n) is 7.41. The number of hydrogen-bond donors (Lipinski definition) is 2. The van der Waals surface area contributed by atoms with Gasteiger partial charge in [0.2, 0.25) is 5.88 Å². The monoisotopic (exact) mass is 277 g/mol. The summed E-state index contributed by atoms with van der Waals surface area (Å²) >= 11 is 0. The molecular weight excluding hydrogens is 254 g/mol. The van der Waals surface area contributed by atoms with Gasteiger partial charge < -0.3 is 20.5 Å². The maximum atomic E-state index is 9.99. The fourth-order valence-electron chi connectivity index (χ4n) is 3.36. The van der Waals surface area contributed by atoms with Gasteiger partial charge in [-0.1, -0.05) is 0 Å². The van der Waals surface area contributed by atoms with Crippen molar-refractivity contribution >= 4 is 11.5 Å². The molecule has 1 aliphatic carbocycles. The number of aromatic nitrogens is 1. The molecule has 1 saturated carbocycles. The van der Waals surface area contributed by atoms with E-state index in [0.29, 0.717) is 23.4 Å². The summed E-state index contributed by atoms with van der Waals surface area (Å²) in [5, 5.41) is 9.99. The van der Waals surface area contributed by atoms with Crippen LogP contribution in [-0.4, -0.2) is 35.4 Å². The summed E-state index contributed by atoms with van der Waals surface area (Å²) < 4.78 is 5.65. The first-order valence-corrected chi connectivity index (χ1v) is 7.41. The number of anilines is 2. The minimum Gasteiger partial charge on any atom is -0.473 e. The average Bonchev–Trinajstić information content (AvgIpc) is 2.94. The average molecular weight is 277 g/mol. The van der Waals surface area contributed by atoms with Gasteiger partial charge in [0.15, 0.2) is 0 Å². The van der Waals surface area contributed by atoms with E-state index in [9.17, 15) is 5.11 Å². The van der Waals surface area contributed by atoms with Crippen molar-refractivity contribution < 1.29 is 9.84 Å². The number of nitrogen functional groups attached to an aromatic ring is 1. The van der Waals surface area contributed by atoms with Crippen molar-refractivity contribution in [2.45, 2.75) is 38.9 Å². The standard InChI is InChI=1S/C15H23N3O2/c1-9(2)20-15-12(16)4-6-14(17-15)18-7-10-3-5-13(19)11(10)8-18/h4,6,9-11,13,19H,3,5,7-8,16H2,1-2H3. The van der Waals surface area contributed by atoms with Gasteiger partial charge in [-0.25, -0.2) is 0 Å². The lowest BCUT2D eigenvalue weighted by atomic mass is 10.00. The summed E-state index contributed by atoms with van der Waals surface area (Å²) in [7, 11) is 0. The minimum atomic E-state index is -0.148. The minimum absolute atomic E-state index is 0.0554. The fraction of sp³-hybridized carbons (Fsp3) is 0.667. The van der Waals surface area contributed by atoms with Crippen molar-refractivity contribution in [2.24, 2.45) is 11.8 Å². The van der Waals surface area contributed by atoms with Crippen LogP contribution < -0.4 is 15.4 Å². The van der Waals surface area contributed by atoms with Gasteiger partial charge in [-0.2, -0.15) is 4.98 Å². The zero-order valence-corrected chi connectivity index (χ0v) is 12.1. The number of fused-ring (bicyclic) bond motifs is 1. The molecule has 3 rings (SSSR count). The van der Waals surface area contributed by atoms with E-state index >= 15 is 0 Å². The van der Waals surface area contributed by atoms with Crippen LogP contribution in [0.25, 0.3) is 0 Å². The predicted octanol–water partition coefficient (Wildman–Crippen LogP) is 1.66. The molecule has 1 aromatic heterocycles.